The van der Waals surface area contributed by atoms with E-state index in [0.717, 1.165) is 40.5 Å². The monoisotopic (exact) mass is 361 g/mol. The highest BCUT2D eigenvalue weighted by Gasteiger charge is 2.09. The molecule has 0 aliphatic rings. The van der Waals surface area contributed by atoms with Crippen molar-refractivity contribution >= 4 is 21.8 Å². The Balaban J connectivity index is 0.00000102. The summed E-state index contributed by atoms with van der Waals surface area (Å²) in [6, 6.07) is 18.3. The fourth-order valence-corrected chi connectivity index (χ4v) is 3.18. The SMILES string of the molecule is CC.CN(C)CCc1ccc2[nH]c(-c3cc4ccccc4[nH]c3=O)cc2c1. The van der Waals surface area contributed by atoms with Crippen LogP contribution >= 0.6 is 0 Å². The van der Waals surface area contributed by atoms with Gasteiger partial charge in [0.05, 0.1) is 11.3 Å². The average molecular weight is 361 g/mol. The number of hydrogen-bond donors (Lipinski definition) is 2. The molecule has 4 rings (SSSR count). The Morgan fingerprint density at radius 1 is 0.852 bits per heavy atom. The number of pyridine rings is 1. The van der Waals surface area contributed by atoms with Gasteiger partial charge in [0.2, 0.25) is 0 Å². The van der Waals surface area contributed by atoms with Crippen molar-refractivity contribution in [3.63, 3.8) is 0 Å². The number of para-hydroxylation sites is 1. The summed E-state index contributed by atoms with van der Waals surface area (Å²) in [5.74, 6) is 0. The molecule has 2 N–H and O–H groups in total. The van der Waals surface area contributed by atoms with E-state index in [1.54, 1.807) is 0 Å². The highest BCUT2D eigenvalue weighted by molar-refractivity contribution is 5.89. The summed E-state index contributed by atoms with van der Waals surface area (Å²) in [4.78, 5) is 21.0. The summed E-state index contributed by atoms with van der Waals surface area (Å²) in [5, 5.41) is 2.17. The molecule has 140 valence electrons. The molecule has 0 bridgehead atoms. The molecular formula is C23H27N3O. The molecule has 0 aliphatic carbocycles. The van der Waals surface area contributed by atoms with E-state index in [9.17, 15) is 4.79 Å². The van der Waals surface area contributed by atoms with Gasteiger partial charge in [-0.2, -0.15) is 0 Å². The largest absolute Gasteiger partial charge is 0.354 e. The van der Waals surface area contributed by atoms with E-state index in [2.05, 4.69) is 53.2 Å². The number of aromatic amines is 2. The fourth-order valence-electron chi connectivity index (χ4n) is 3.18. The van der Waals surface area contributed by atoms with Gasteiger partial charge < -0.3 is 14.9 Å². The Bertz CT molecular complexity index is 1110. The van der Waals surface area contributed by atoms with Crippen molar-refractivity contribution in [1.29, 1.82) is 0 Å². The van der Waals surface area contributed by atoms with Crippen molar-refractivity contribution in [2.75, 3.05) is 20.6 Å². The molecule has 0 radical (unpaired) electrons. The minimum Gasteiger partial charge on any atom is -0.354 e. The number of nitrogens with zero attached hydrogens (tertiary/aromatic N) is 1. The summed E-state index contributed by atoms with van der Waals surface area (Å²) in [5.41, 5.74) is 4.67. The Kier molecular flexibility index (Phi) is 5.77. The van der Waals surface area contributed by atoms with Crippen molar-refractivity contribution in [3.8, 4) is 11.3 Å². The van der Waals surface area contributed by atoms with Gasteiger partial charge in [-0.05, 0) is 61.8 Å². The molecule has 4 aromatic rings. The number of H-pyrrole nitrogens is 2. The summed E-state index contributed by atoms with van der Waals surface area (Å²) in [6.07, 6.45) is 1.01. The van der Waals surface area contributed by atoms with Crippen LogP contribution in [-0.4, -0.2) is 35.5 Å². The van der Waals surface area contributed by atoms with Crippen molar-refractivity contribution in [1.82, 2.24) is 14.9 Å². The molecule has 0 spiro atoms. The molecule has 0 fully saturated rings. The van der Waals surface area contributed by atoms with Gasteiger partial charge in [-0.15, -0.1) is 0 Å². The van der Waals surface area contributed by atoms with Crippen molar-refractivity contribution < 1.29 is 0 Å². The van der Waals surface area contributed by atoms with Crippen LogP contribution in [0.25, 0.3) is 33.1 Å². The summed E-state index contributed by atoms with van der Waals surface area (Å²) < 4.78 is 0. The van der Waals surface area contributed by atoms with E-state index in [4.69, 9.17) is 0 Å². The predicted molar refractivity (Wildman–Crippen MR) is 115 cm³/mol. The molecule has 4 nitrogen and oxygen atoms in total. The molecule has 0 amide bonds. The lowest BCUT2D eigenvalue weighted by molar-refractivity contribution is 0.414. The third kappa shape index (κ3) is 4.12. The van der Waals surface area contributed by atoms with Gasteiger partial charge in [0, 0.05) is 23.0 Å². The minimum absolute atomic E-state index is 0.0712. The molecule has 27 heavy (non-hydrogen) atoms. The van der Waals surface area contributed by atoms with E-state index < -0.39 is 0 Å². The number of nitrogens with one attached hydrogen (secondary N) is 2. The predicted octanol–water partition coefficient (Wildman–Crippen LogP) is 4.81. The fraction of sp³-hybridized carbons (Fsp3) is 0.261. The molecule has 0 aliphatic heterocycles. The van der Waals surface area contributed by atoms with E-state index in [0.29, 0.717) is 5.56 Å². The first-order valence-corrected chi connectivity index (χ1v) is 9.49. The quantitative estimate of drug-likeness (QED) is 0.548. The molecule has 0 atom stereocenters. The number of likely N-dealkylation sites (N-methyl/N-ethyl adjacent to an activating group) is 1. The lowest BCUT2D eigenvalue weighted by atomic mass is 10.1. The lowest BCUT2D eigenvalue weighted by Crippen LogP contribution is -2.14. The van der Waals surface area contributed by atoms with Crippen molar-refractivity contribution in [3.05, 3.63) is 70.5 Å². The van der Waals surface area contributed by atoms with E-state index >= 15 is 0 Å². The van der Waals surface area contributed by atoms with Crippen LogP contribution in [0.1, 0.15) is 19.4 Å². The van der Waals surface area contributed by atoms with Gasteiger partial charge in [0.15, 0.2) is 0 Å². The number of benzene rings is 2. The van der Waals surface area contributed by atoms with Gasteiger partial charge in [-0.25, -0.2) is 0 Å². The molecule has 2 heterocycles. The van der Waals surface area contributed by atoms with Crippen molar-refractivity contribution in [2.45, 2.75) is 20.3 Å². The van der Waals surface area contributed by atoms with Gasteiger partial charge in [-0.1, -0.05) is 38.1 Å². The molecule has 0 saturated heterocycles. The second kappa shape index (κ2) is 8.23. The van der Waals surface area contributed by atoms with E-state index in [1.807, 2.05) is 44.2 Å². The molecule has 0 saturated carbocycles. The molecule has 2 aromatic heterocycles. The maximum absolute atomic E-state index is 12.5. The topological polar surface area (TPSA) is 51.9 Å². The Morgan fingerprint density at radius 2 is 1.59 bits per heavy atom. The Hall–Kier alpha value is -2.85. The first-order chi connectivity index (χ1) is 13.1. The lowest BCUT2D eigenvalue weighted by Gasteiger charge is -2.08. The van der Waals surface area contributed by atoms with Gasteiger partial charge >= 0.3 is 0 Å². The van der Waals surface area contributed by atoms with Crippen LogP contribution in [0, 0.1) is 0 Å². The van der Waals surface area contributed by atoms with Gasteiger partial charge in [0.1, 0.15) is 0 Å². The molecular weight excluding hydrogens is 334 g/mol. The number of hydrogen-bond acceptors (Lipinski definition) is 2. The maximum atomic E-state index is 12.5. The zero-order chi connectivity index (χ0) is 19.4. The zero-order valence-electron chi connectivity index (χ0n) is 16.5. The highest BCUT2D eigenvalue weighted by Crippen LogP contribution is 2.24. The van der Waals surface area contributed by atoms with E-state index in [-0.39, 0.29) is 5.56 Å². The minimum atomic E-state index is -0.0712. The summed E-state index contributed by atoms with van der Waals surface area (Å²) in [7, 11) is 4.16. The molecule has 4 heteroatoms. The van der Waals surface area contributed by atoms with Gasteiger partial charge in [-0.3, -0.25) is 4.79 Å². The van der Waals surface area contributed by atoms with Crippen LogP contribution in [0.3, 0.4) is 0 Å². The van der Waals surface area contributed by atoms with Crippen LogP contribution in [-0.2, 0) is 6.42 Å². The first kappa shape index (κ1) is 18.9. The van der Waals surface area contributed by atoms with Gasteiger partial charge in [0.25, 0.3) is 5.56 Å². The average Bonchev–Trinajstić information content (AvgIpc) is 3.10. The van der Waals surface area contributed by atoms with Crippen LogP contribution in [0.15, 0.2) is 59.4 Å². The standard InChI is InChI=1S/C21H21N3O.C2H6/c1-24(2)10-9-14-7-8-19-16(11-14)13-20(22-19)17-12-15-5-3-4-6-18(15)23-21(17)25;1-2/h3-8,11-13,22H,9-10H2,1-2H3,(H,23,25);1-2H3. The number of rotatable bonds is 4. The number of aromatic nitrogens is 2. The van der Waals surface area contributed by atoms with Crippen LogP contribution in [0.2, 0.25) is 0 Å². The van der Waals surface area contributed by atoms with Crippen molar-refractivity contribution in [2.24, 2.45) is 0 Å². The second-order valence-corrected chi connectivity index (χ2v) is 6.76. The smallest absolute Gasteiger partial charge is 0.257 e. The van der Waals surface area contributed by atoms with E-state index in [1.165, 1.54) is 5.56 Å². The number of fused-ring (bicyclic) bond motifs is 2. The Morgan fingerprint density at radius 3 is 2.37 bits per heavy atom. The third-order valence-corrected chi connectivity index (χ3v) is 4.58. The third-order valence-electron chi connectivity index (χ3n) is 4.58. The second-order valence-electron chi connectivity index (χ2n) is 6.76. The van der Waals surface area contributed by atoms with Crippen LogP contribution in [0.5, 0.6) is 0 Å². The highest BCUT2D eigenvalue weighted by atomic mass is 16.1. The maximum Gasteiger partial charge on any atom is 0.257 e. The molecule has 2 aromatic carbocycles. The Labute approximate surface area is 159 Å². The van der Waals surface area contributed by atoms with Crippen LogP contribution in [0.4, 0.5) is 0 Å². The zero-order valence-corrected chi connectivity index (χ0v) is 16.5. The molecule has 0 unspecified atom stereocenters. The first-order valence-electron chi connectivity index (χ1n) is 9.49. The van der Waals surface area contributed by atoms with Crippen LogP contribution < -0.4 is 5.56 Å². The summed E-state index contributed by atoms with van der Waals surface area (Å²) in [6.45, 7) is 5.02. The normalized spacial score (nSPS) is 11.0. The summed E-state index contributed by atoms with van der Waals surface area (Å²) >= 11 is 0.